The number of likely N-dealkylation sites (tertiary alicyclic amines) is 1. The number of nitrogens with zero attached hydrogens (tertiary/aromatic N) is 1. The van der Waals surface area contributed by atoms with Gasteiger partial charge in [-0.3, -0.25) is 9.59 Å². The molecule has 0 spiro atoms. The Balaban J connectivity index is 1.45. The van der Waals surface area contributed by atoms with Crippen molar-refractivity contribution in [2.75, 3.05) is 25.1 Å². The Morgan fingerprint density at radius 2 is 1.86 bits per heavy atom. The van der Waals surface area contributed by atoms with Gasteiger partial charge in [-0.15, -0.1) is 0 Å². The molecule has 2 amide bonds. The van der Waals surface area contributed by atoms with Crippen LogP contribution in [0.2, 0.25) is 0 Å². The summed E-state index contributed by atoms with van der Waals surface area (Å²) in [5.74, 6) is 0.687. The number of fused-ring (bicyclic) bond motifs is 1. The van der Waals surface area contributed by atoms with Crippen LogP contribution in [0, 0.1) is 5.92 Å². The molecular weight excluding hydrogens is 424 g/mol. The molecule has 0 aliphatic carbocycles. The van der Waals surface area contributed by atoms with E-state index < -0.39 is 5.92 Å². The lowest BCUT2D eigenvalue weighted by atomic mass is 10.1. The summed E-state index contributed by atoms with van der Waals surface area (Å²) in [4.78, 5) is 27.1. The molecule has 0 radical (unpaired) electrons. The number of nitrogens with one attached hydrogen (secondary N) is 1. The van der Waals surface area contributed by atoms with Gasteiger partial charge in [0.15, 0.2) is 11.5 Å². The van der Waals surface area contributed by atoms with Gasteiger partial charge in [-0.25, -0.2) is 0 Å². The van der Waals surface area contributed by atoms with E-state index in [9.17, 15) is 9.59 Å². The maximum absolute atomic E-state index is 12.8. The standard InChI is InChI=1S/C21H21BrN2O4/c1-13(14-5-3-2-4-6-14)24-12-15(9-20(24)25)21(26)23-17-11-19-18(10-16(17)22)27-7-8-28-19/h2-6,10-11,13,15H,7-9,12H2,1H3,(H,23,26)/t13-,15+/m0/s1. The number of carbonyl (C=O) groups is 2. The molecule has 146 valence electrons. The van der Waals surface area contributed by atoms with Crippen LogP contribution in [0.5, 0.6) is 11.5 Å². The van der Waals surface area contributed by atoms with Gasteiger partial charge in [-0.1, -0.05) is 30.3 Å². The number of carbonyl (C=O) groups excluding carboxylic acids is 2. The van der Waals surface area contributed by atoms with E-state index in [1.165, 1.54) is 0 Å². The van der Waals surface area contributed by atoms with Crippen molar-refractivity contribution in [1.82, 2.24) is 4.90 Å². The van der Waals surface area contributed by atoms with E-state index in [1.54, 1.807) is 17.0 Å². The fraction of sp³-hybridized carbons (Fsp3) is 0.333. The van der Waals surface area contributed by atoms with Gasteiger partial charge in [-0.2, -0.15) is 0 Å². The summed E-state index contributed by atoms with van der Waals surface area (Å²) in [6.07, 6.45) is 0.213. The Morgan fingerprint density at radius 3 is 2.57 bits per heavy atom. The lowest BCUT2D eigenvalue weighted by molar-refractivity contribution is -0.129. The zero-order valence-corrected chi connectivity index (χ0v) is 17.1. The van der Waals surface area contributed by atoms with E-state index in [1.807, 2.05) is 37.3 Å². The summed E-state index contributed by atoms with van der Waals surface area (Å²) in [5, 5.41) is 2.92. The summed E-state index contributed by atoms with van der Waals surface area (Å²) in [6.45, 7) is 3.38. The quantitative estimate of drug-likeness (QED) is 0.778. The van der Waals surface area contributed by atoms with Gasteiger partial charge in [0.2, 0.25) is 11.8 Å². The van der Waals surface area contributed by atoms with Crippen LogP contribution < -0.4 is 14.8 Å². The van der Waals surface area contributed by atoms with Gasteiger partial charge in [0, 0.05) is 29.6 Å². The molecule has 2 aliphatic rings. The monoisotopic (exact) mass is 444 g/mol. The molecule has 0 bridgehead atoms. The van der Waals surface area contributed by atoms with Crippen molar-refractivity contribution < 1.29 is 19.1 Å². The van der Waals surface area contributed by atoms with Crippen molar-refractivity contribution in [3.8, 4) is 11.5 Å². The molecule has 7 heteroatoms. The normalized spacial score (nSPS) is 19.4. The lowest BCUT2D eigenvalue weighted by Gasteiger charge is -2.25. The summed E-state index contributed by atoms with van der Waals surface area (Å²) < 4.78 is 11.8. The third-order valence-corrected chi connectivity index (χ3v) is 5.82. The molecule has 1 N–H and O–H groups in total. The highest BCUT2D eigenvalue weighted by Crippen LogP contribution is 2.38. The van der Waals surface area contributed by atoms with E-state index in [2.05, 4.69) is 21.2 Å². The molecular formula is C21H21BrN2O4. The average molecular weight is 445 g/mol. The molecule has 1 saturated heterocycles. The average Bonchev–Trinajstić information content (AvgIpc) is 3.10. The van der Waals surface area contributed by atoms with E-state index in [-0.39, 0.29) is 24.3 Å². The molecule has 6 nitrogen and oxygen atoms in total. The molecule has 1 fully saturated rings. The fourth-order valence-electron chi connectivity index (χ4n) is 3.59. The van der Waals surface area contributed by atoms with E-state index in [4.69, 9.17) is 9.47 Å². The van der Waals surface area contributed by atoms with Crippen LogP contribution >= 0.6 is 15.9 Å². The number of anilines is 1. The van der Waals surface area contributed by atoms with Gasteiger partial charge in [0.1, 0.15) is 13.2 Å². The number of hydrogen-bond acceptors (Lipinski definition) is 4. The van der Waals surface area contributed by atoms with Gasteiger partial charge < -0.3 is 19.7 Å². The summed E-state index contributed by atoms with van der Waals surface area (Å²) in [6, 6.07) is 13.3. The molecule has 2 heterocycles. The number of hydrogen-bond donors (Lipinski definition) is 1. The van der Waals surface area contributed by atoms with Crippen LogP contribution in [0.25, 0.3) is 0 Å². The summed E-state index contributed by atoms with van der Waals surface area (Å²) in [5.41, 5.74) is 1.67. The number of benzene rings is 2. The molecule has 4 rings (SSSR count). The van der Waals surface area contributed by atoms with Crippen LogP contribution in [-0.2, 0) is 9.59 Å². The molecule has 28 heavy (non-hydrogen) atoms. The zero-order chi connectivity index (χ0) is 19.7. The van der Waals surface area contributed by atoms with E-state index in [0.29, 0.717) is 41.4 Å². The molecule has 0 aromatic heterocycles. The van der Waals surface area contributed by atoms with Gasteiger partial charge >= 0.3 is 0 Å². The summed E-state index contributed by atoms with van der Waals surface area (Å²) in [7, 11) is 0. The number of halogens is 1. The van der Waals surface area contributed by atoms with E-state index >= 15 is 0 Å². The number of amides is 2. The Bertz CT molecular complexity index is 903. The van der Waals surface area contributed by atoms with Crippen LogP contribution in [0.4, 0.5) is 5.69 Å². The minimum Gasteiger partial charge on any atom is -0.486 e. The van der Waals surface area contributed by atoms with E-state index in [0.717, 1.165) is 5.56 Å². The highest BCUT2D eigenvalue weighted by molar-refractivity contribution is 9.10. The summed E-state index contributed by atoms with van der Waals surface area (Å²) >= 11 is 3.46. The largest absolute Gasteiger partial charge is 0.486 e. The molecule has 2 aliphatic heterocycles. The highest BCUT2D eigenvalue weighted by Gasteiger charge is 2.37. The molecule has 2 aromatic carbocycles. The van der Waals surface area contributed by atoms with Crippen LogP contribution in [0.3, 0.4) is 0 Å². The predicted octanol–water partition coefficient (Wildman–Crippen LogP) is 3.77. The smallest absolute Gasteiger partial charge is 0.229 e. The molecule has 0 unspecified atom stereocenters. The van der Waals surface area contributed by atoms with Crippen molar-refractivity contribution >= 4 is 33.4 Å². The van der Waals surface area contributed by atoms with Crippen molar-refractivity contribution in [2.45, 2.75) is 19.4 Å². The first-order chi connectivity index (χ1) is 13.5. The Kier molecular flexibility index (Phi) is 5.26. The van der Waals surface area contributed by atoms with Crippen molar-refractivity contribution in [3.05, 3.63) is 52.5 Å². The number of rotatable bonds is 4. The maximum Gasteiger partial charge on any atom is 0.229 e. The first kappa shape index (κ1) is 18.8. The van der Waals surface area contributed by atoms with Gasteiger partial charge in [0.25, 0.3) is 0 Å². The molecule has 2 atom stereocenters. The molecule has 0 saturated carbocycles. The third-order valence-electron chi connectivity index (χ3n) is 5.17. The first-order valence-corrected chi connectivity index (χ1v) is 10.1. The van der Waals surface area contributed by atoms with Gasteiger partial charge in [0.05, 0.1) is 17.6 Å². The lowest BCUT2D eigenvalue weighted by Crippen LogP contribution is -2.30. The Morgan fingerprint density at radius 1 is 1.18 bits per heavy atom. The number of ether oxygens (including phenoxy) is 2. The topological polar surface area (TPSA) is 67.9 Å². The second-order valence-corrected chi connectivity index (χ2v) is 7.85. The Hall–Kier alpha value is -2.54. The van der Waals surface area contributed by atoms with Crippen LogP contribution in [0.1, 0.15) is 24.9 Å². The minimum atomic E-state index is -0.390. The van der Waals surface area contributed by atoms with Gasteiger partial charge in [-0.05, 0) is 28.4 Å². The van der Waals surface area contributed by atoms with Crippen molar-refractivity contribution in [1.29, 1.82) is 0 Å². The Labute approximate surface area is 171 Å². The first-order valence-electron chi connectivity index (χ1n) is 9.27. The molecule has 2 aromatic rings. The van der Waals surface area contributed by atoms with Crippen LogP contribution in [-0.4, -0.2) is 36.5 Å². The highest BCUT2D eigenvalue weighted by atomic mass is 79.9. The fourth-order valence-corrected chi connectivity index (χ4v) is 4.01. The van der Waals surface area contributed by atoms with Crippen molar-refractivity contribution in [2.24, 2.45) is 5.92 Å². The second-order valence-electron chi connectivity index (χ2n) is 7.00. The zero-order valence-electron chi connectivity index (χ0n) is 15.5. The van der Waals surface area contributed by atoms with Crippen LogP contribution in [0.15, 0.2) is 46.9 Å². The SMILES string of the molecule is C[C@@H](c1ccccc1)N1C[C@H](C(=O)Nc2cc3c(cc2Br)OCCO3)CC1=O. The minimum absolute atomic E-state index is 0.00209. The predicted molar refractivity (Wildman–Crippen MR) is 108 cm³/mol. The third kappa shape index (κ3) is 3.71. The second kappa shape index (κ2) is 7.83. The van der Waals surface area contributed by atoms with Crippen molar-refractivity contribution in [3.63, 3.8) is 0 Å². The maximum atomic E-state index is 12.8.